The van der Waals surface area contributed by atoms with Crippen LogP contribution in [0.1, 0.15) is 23.3 Å². The van der Waals surface area contributed by atoms with Crippen LogP contribution < -0.4 is 0 Å². The molecule has 4 rings (SSSR count). The van der Waals surface area contributed by atoms with Gasteiger partial charge in [-0.2, -0.15) is 0 Å². The number of benzene rings is 2. The van der Waals surface area contributed by atoms with Gasteiger partial charge in [0, 0.05) is 10.9 Å². The van der Waals surface area contributed by atoms with Gasteiger partial charge in [0.25, 0.3) is 0 Å². The Balaban J connectivity index is 1.87. The van der Waals surface area contributed by atoms with Crippen molar-refractivity contribution in [2.24, 2.45) is 0 Å². The Labute approximate surface area is 118 Å². The number of hydrogen-bond acceptors (Lipinski definition) is 1. The smallest absolute Gasteiger partial charge is 0.135 e. The number of rotatable bonds is 1. The first kappa shape index (κ1) is 11.5. The summed E-state index contributed by atoms with van der Waals surface area (Å²) in [6.45, 7) is 2.11. The molecule has 0 unspecified atom stereocenters. The van der Waals surface area contributed by atoms with Crippen molar-refractivity contribution in [3.8, 4) is 11.1 Å². The molecule has 0 amide bonds. The molecule has 1 aliphatic carbocycles. The van der Waals surface area contributed by atoms with E-state index in [4.69, 9.17) is 4.42 Å². The van der Waals surface area contributed by atoms with Crippen LogP contribution in [-0.4, -0.2) is 0 Å². The number of fused-ring (bicyclic) bond motifs is 3. The normalized spacial score (nSPS) is 13.7. The van der Waals surface area contributed by atoms with E-state index in [9.17, 15) is 0 Å². The molecule has 0 atom stereocenters. The fourth-order valence-corrected chi connectivity index (χ4v) is 2.90. The van der Waals surface area contributed by atoms with Gasteiger partial charge < -0.3 is 4.42 Å². The summed E-state index contributed by atoms with van der Waals surface area (Å²) in [6, 6.07) is 15.2. The summed E-state index contributed by atoms with van der Waals surface area (Å²) in [5, 5.41) is 1.26. The number of allylic oxidation sites excluding steroid dienone is 1. The van der Waals surface area contributed by atoms with Crippen LogP contribution in [0.15, 0.2) is 53.0 Å². The highest BCUT2D eigenvalue weighted by Gasteiger charge is 2.14. The summed E-state index contributed by atoms with van der Waals surface area (Å²) >= 11 is 0. The van der Waals surface area contributed by atoms with E-state index < -0.39 is 0 Å². The molecule has 1 aromatic heterocycles. The molecule has 1 heteroatoms. The maximum absolute atomic E-state index is 5.99. The minimum absolute atomic E-state index is 1.000. The zero-order valence-corrected chi connectivity index (χ0v) is 11.5. The van der Waals surface area contributed by atoms with Gasteiger partial charge in [0.2, 0.25) is 0 Å². The largest absolute Gasteiger partial charge is 0.456 e. The van der Waals surface area contributed by atoms with Gasteiger partial charge >= 0.3 is 0 Å². The molecule has 2 aromatic carbocycles. The fourth-order valence-electron chi connectivity index (χ4n) is 2.90. The van der Waals surface area contributed by atoms with Gasteiger partial charge in [-0.15, -0.1) is 0 Å². The molecule has 0 saturated heterocycles. The molecule has 0 radical (unpaired) electrons. The summed E-state index contributed by atoms with van der Waals surface area (Å²) in [5.74, 6) is 1.03. The molecule has 0 saturated carbocycles. The van der Waals surface area contributed by atoms with Crippen LogP contribution in [0.4, 0.5) is 0 Å². The van der Waals surface area contributed by atoms with Crippen LogP contribution >= 0.6 is 0 Å². The number of furan rings is 1. The Bertz CT molecular complexity index is 804. The van der Waals surface area contributed by atoms with Gasteiger partial charge in [0.1, 0.15) is 11.3 Å². The monoisotopic (exact) mass is 260 g/mol. The average Bonchev–Trinajstić information content (AvgIpc) is 2.85. The van der Waals surface area contributed by atoms with Gasteiger partial charge in [-0.05, 0) is 43.0 Å². The van der Waals surface area contributed by atoms with Crippen molar-refractivity contribution in [1.82, 2.24) is 0 Å². The zero-order chi connectivity index (χ0) is 13.5. The van der Waals surface area contributed by atoms with Gasteiger partial charge in [-0.3, -0.25) is 0 Å². The van der Waals surface area contributed by atoms with E-state index in [1.807, 2.05) is 0 Å². The molecule has 0 fully saturated rings. The van der Waals surface area contributed by atoms with Gasteiger partial charge in [0.05, 0.1) is 0 Å². The maximum atomic E-state index is 5.99. The van der Waals surface area contributed by atoms with Crippen LogP contribution in [0.5, 0.6) is 0 Å². The molecule has 20 heavy (non-hydrogen) atoms. The highest BCUT2D eigenvalue weighted by Crippen LogP contribution is 2.33. The molecule has 98 valence electrons. The molecule has 0 aliphatic heterocycles. The summed E-state index contributed by atoms with van der Waals surface area (Å²) in [4.78, 5) is 0. The van der Waals surface area contributed by atoms with Crippen LogP contribution in [-0.2, 0) is 6.42 Å². The lowest BCUT2D eigenvalue weighted by Gasteiger charge is -2.03. The third kappa shape index (κ3) is 1.78. The average molecular weight is 260 g/mol. The molecule has 3 aromatic rings. The Morgan fingerprint density at radius 1 is 0.950 bits per heavy atom. The summed E-state index contributed by atoms with van der Waals surface area (Å²) in [6.07, 6.45) is 6.49. The van der Waals surface area contributed by atoms with E-state index >= 15 is 0 Å². The Morgan fingerprint density at radius 2 is 1.75 bits per heavy atom. The number of aryl methyl sites for hydroxylation is 2. The van der Waals surface area contributed by atoms with E-state index in [1.165, 1.54) is 27.6 Å². The maximum Gasteiger partial charge on any atom is 0.135 e. The molecule has 0 N–H and O–H groups in total. The van der Waals surface area contributed by atoms with E-state index in [0.29, 0.717) is 0 Å². The van der Waals surface area contributed by atoms with E-state index in [1.54, 1.807) is 0 Å². The van der Waals surface area contributed by atoms with E-state index in [0.717, 1.165) is 24.2 Å². The fraction of sp³-hybridized carbons (Fsp3) is 0.158. The minimum Gasteiger partial charge on any atom is -0.456 e. The molecule has 1 nitrogen and oxygen atoms in total. The SMILES string of the molecule is Cc1ccc(-c2ccc3c4c(oc3c2)C=CCC4)cc1. The minimum atomic E-state index is 1.000. The van der Waals surface area contributed by atoms with Crippen molar-refractivity contribution in [1.29, 1.82) is 0 Å². The predicted octanol–water partition coefficient (Wildman–Crippen LogP) is 5.37. The van der Waals surface area contributed by atoms with E-state index in [2.05, 4.69) is 61.5 Å². The number of hydrogen-bond donors (Lipinski definition) is 0. The van der Waals surface area contributed by atoms with Gasteiger partial charge in [-0.1, -0.05) is 48.0 Å². The lowest BCUT2D eigenvalue weighted by atomic mass is 9.98. The second-order valence-electron chi connectivity index (χ2n) is 5.46. The van der Waals surface area contributed by atoms with Gasteiger partial charge in [-0.25, -0.2) is 0 Å². The van der Waals surface area contributed by atoms with Crippen molar-refractivity contribution < 1.29 is 4.42 Å². The highest BCUT2D eigenvalue weighted by atomic mass is 16.3. The van der Waals surface area contributed by atoms with Crippen LogP contribution in [0.3, 0.4) is 0 Å². The van der Waals surface area contributed by atoms with Crippen molar-refractivity contribution in [2.45, 2.75) is 19.8 Å². The topological polar surface area (TPSA) is 13.1 Å². The standard InChI is InChI=1S/C19H16O/c1-13-6-8-14(9-7-13)15-10-11-17-16-4-2-3-5-18(16)20-19(17)12-15/h3,5-12H,2,4H2,1H3. The van der Waals surface area contributed by atoms with Crippen LogP contribution in [0.25, 0.3) is 28.2 Å². The predicted molar refractivity (Wildman–Crippen MR) is 83.7 cm³/mol. The van der Waals surface area contributed by atoms with Crippen molar-refractivity contribution in [3.05, 3.63) is 65.4 Å². The van der Waals surface area contributed by atoms with E-state index in [-0.39, 0.29) is 0 Å². The third-order valence-corrected chi connectivity index (χ3v) is 4.04. The first-order valence-electron chi connectivity index (χ1n) is 7.10. The quantitative estimate of drug-likeness (QED) is 0.573. The molecule has 0 spiro atoms. The summed E-state index contributed by atoms with van der Waals surface area (Å²) in [7, 11) is 0. The van der Waals surface area contributed by atoms with Crippen molar-refractivity contribution >= 4 is 17.0 Å². The Kier molecular flexibility index (Phi) is 2.53. The summed E-state index contributed by atoms with van der Waals surface area (Å²) in [5.41, 5.74) is 6.10. The second-order valence-corrected chi connectivity index (χ2v) is 5.46. The Hall–Kier alpha value is -2.28. The molecule has 0 bridgehead atoms. The lowest BCUT2D eigenvalue weighted by Crippen LogP contribution is -1.88. The first-order chi connectivity index (χ1) is 9.81. The van der Waals surface area contributed by atoms with Crippen LogP contribution in [0, 0.1) is 6.92 Å². The van der Waals surface area contributed by atoms with Crippen molar-refractivity contribution in [2.75, 3.05) is 0 Å². The molecule has 1 heterocycles. The van der Waals surface area contributed by atoms with Crippen LogP contribution in [0.2, 0.25) is 0 Å². The zero-order valence-electron chi connectivity index (χ0n) is 11.5. The highest BCUT2D eigenvalue weighted by molar-refractivity contribution is 5.89. The molecular weight excluding hydrogens is 244 g/mol. The summed E-state index contributed by atoms with van der Waals surface area (Å²) < 4.78 is 5.99. The first-order valence-corrected chi connectivity index (χ1v) is 7.10. The second kappa shape index (κ2) is 4.38. The van der Waals surface area contributed by atoms with Gasteiger partial charge in [0.15, 0.2) is 0 Å². The third-order valence-electron chi connectivity index (χ3n) is 4.04. The molecule has 1 aliphatic rings. The molecular formula is C19H16O. The van der Waals surface area contributed by atoms with Crippen molar-refractivity contribution in [3.63, 3.8) is 0 Å². The Morgan fingerprint density at radius 3 is 2.60 bits per heavy atom. The lowest BCUT2D eigenvalue weighted by molar-refractivity contribution is 0.595.